The van der Waals surface area contributed by atoms with Crippen LogP contribution in [-0.2, 0) is 16.4 Å². The summed E-state index contributed by atoms with van der Waals surface area (Å²) in [6.45, 7) is 0.436. The van der Waals surface area contributed by atoms with Crippen LogP contribution in [0.2, 0.25) is 0 Å². The Hall–Kier alpha value is -2.27. The van der Waals surface area contributed by atoms with E-state index in [1.54, 1.807) is 12.1 Å². The molecule has 0 aliphatic carbocycles. The Labute approximate surface area is 124 Å². The SMILES string of the molecule is Nc1cccc2c1N(S(=O)(=O)/C=C/c1ccccc1)CC2. The Kier molecular flexibility index (Phi) is 3.43. The molecule has 108 valence electrons. The molecule has 2 aromatic carbocycles. The van der Waals surface area contributed by atoms with Gasteiger partial charge in [0.2, 0.25) is 0 Å². The standard InChI is InChI=1S/C16H16N2O2S/c17-15-8-4-7-14-9-11-18(16(14)15)21(19,20)12-10-13-5-2-1-3-6-13/h1-8,10,12H,9,11,17H2/b12-10+. The smallest absolute Gasteiger partial charge is 0.257 e. The predicted molar refractivity (Wildman–Crippen MR) is 86.3 cm³/mol. The minimum absolute atomic E-state index is 0.436. The van der Waals surface area contributed by atoms with E-state index >= 15 is 0 Å². The number of sulfonamides is 1. The van der Waals surface area contributed by atoms with Crippen LogP contribution in [0.25, 0.3) is 6.08 Å². The number of anilines is 2. The van der Waals surface area contributed by atoms with Crippen LogP contribution in [0.15, 0.2) is 53.9 Å². The van der Waals surface area contributed by atoms with Gasteiger partial charge in [0.1, 0.15) is 0 Å². The highest BCUT2D eigenvalue weighted by atomic mass is 32.2. The van der Waals surface area contributed by atoms with Gasteiger partial charge in [0.25, 0.3) is 10.0 Å². The van der Waals surface area contributed by atoms with Crippen molar-refractivity contribution in [2.75, 3.05) is 16.6 Å². The fraction of sp³-hybridized carbons (Fsp3) is 0.125. The van der Waals surface area contributed by atoms with Gasteiger partial charge >= 0.3 is 0 Å². The largest absolute Gasteiger partial charge is 0.397 e. The van der Waals surface area contributed by atoms with Gasteiger partial charge < -0.3 is 5.73 Å². The van der Waals surface area contributed by atoms with Gasteiger partial charge in [-0.1, -0.05) is 42.5 Å². The molecule has 1 aliphatic rings. The summed E-state index contributed by atoms with van der Waals surface area (Å²) >= 11 is 0. The lowest BCUT2D eigenvalue weighted by Crippen LogP contribution is -2.27. The molecule has 0 atom stereocenters. The van der Waals surface area contributed by atoms with Gasteiger partial charge in [-0.2, -0.15) is 0 Å². The maximum atomic E-state index is 12.5. The average molecular weight is 300 g/mol. The van der Waals surface area contributed by atoms with Crippen molar-refractivity contribution >= 4 is 27.5 Å². The fourth-order valence-corrected chi connectivity index (χ4v) is 3.81. The Bertz CT molecular complexity index is 783. The van der Waals surface area contributed by atoms with Crippen molar-refractivity contribution in [1.29, 1.82) is 0 Å². The van der Waals surface area contributed by atoms with Crippen LogP contribution in [0.3, 0.4) is 0 Å². The van der Waals surface area contributed by atoms with Crippen molar-refractivity contribution < 1.29 is 8.42 Å². The van der Waals surface area contributed by atoms with Crippen LogP contribution >= 0.6 is 0 Å². The highest BCUT2D eigenvalue weighted by molar-refractivity contribution is 7.95. The molecule has 0 amide bonds. The predicted octanol–water partition coefficient (Wildman–Crippen LogP) is 2.63. The second-order valence-corrected chi connectivity index (χ2v) is 6.68. The Balaban J connectivity index is 1.93. The first-order chi connectivity index (χ1) is 10.1. The maximum absolute atomic E-state index is 12.5. The summed E-state index contributed by atoms with van der Waals surface area (Å²) in [4.78, 5) is 0. The molecular formula is C16H16N2O2S. The van der Waals surface area contributed by atoms with Gasteiger partial charge in [0.15, 0.2) is 0 Å². The molecule has 5 heteroatoms. The third-order valence-corrected chi connectivity index (χ3v) is 4.98. The van der Waals surface area contributed by atoms with E-state index in [2.05, 4.69) is 0 Å². The van der Waals surface area contributed by atoms with Gasteiger partial charge in [-0.25, -0.2) is 8.42 Å². The van der Waals surface area contributed by atoms with Gasteiger partial charge in [-0.3, -0.25) is 4.31 Å². The molecule has 2 N–H and O–H groups in total. The lowest BCUT2D eigenvalue weighted by atomic mass is 10.1. The quantitative estimate of drug-likeness (QED) is 0.886. The van der Waals surface area contributed by atoms with Crippen molar-refractivity contribution in [1.82, 2.24) is 0 Å². The number of hydrogen-bond acceptors (Lipinski definition) is 3. The topological polar surface area (TPSA) is 63.4 Å². The molecule has 0 aromatic heterocycles. The zero-order valence-corrected chi connectivity index (χ0v) is 12.3. The minimum atomic E-state index is -3.52. The van der Waals surface area contributed by atoms with E-state index in [4.69, 9.17) is 5.73 Å². The highest BCUT2D eigenvalue weighted by Gasteiger charge is 2.29. The second kappa shape index (κ2) is 5.26. The van der Waals surface area contributed by atoms with E-state index in [-0.39, 0.29) is 0 Å². The molecule has 0 saturated carbocycles. The molecule has 0 radical (unpaired) electrons. The third-order valence-electron chi connectivity index (χ3n) is 3.52. The molecule has 0 unspecified atom stereocenters. The first kappa shape index (κ1) is 13.7. The van der Waals surface area contributed by atoms with Crippen LogP contribution in [0.5, 0.6) is 0 Å². The Morgan fingerprint density at radius 1 is 1.05 bits per heavy atom. The molecule has 1 aliphatic heterocycles. The molecule has 2 aromatic rings. The summed E-state index contributed by atoms with van der Waals surface area (Å²) in [6.07, 6.45) is 2.30. The van der Waals surface area contributed by atoms with Gasteiger partial charge in [-0.05, 0) is 29.7 Å². The number of nitrogen functional groups attached to an aromatic ring is 1. The summed E-state index contributed by atoms with van der Waals surface area (Å²) in [7, 11) is -3.52. The van der Waals surface area contributed by atoms with Crippen LogP contribution in [-0.4, -0.2) is 15.0 Å². The van der Waals surface area contributed by atoms with Crippen molar-refractivity contribution in [2.45, 2.75) is 6.42 Å². The summed E-state index contributed by atoms with van der Waals surface area (Å²) in [5, 5.41) is 1.24. The minimum Gasteiger partial charge on any atom is -0.397 e. The number of rotatable bonds is 3. The maximum Gasteiger partial charge on any atom is 0.257 e. The summed E-state index contributed by atoms with van der Waals surface area (Å²) in [5.41, 5.74) is 8.89. The third kappa shape index (κ3) is 2.64. The molecular weight excluding hydrogens is 284 g/mol. The zero-order valence-electron chi connectivity index (χ0n) is 11.4. The molecule has 0 saturated heterocycles. The van der Waals surface area contributed by atoms with Crippen LogP contribution < -0.4 is 10.0 Å². The molecule has 0 spiro atoms. The van der Waals surface area contributed by atoms with E-state index in [1.165, 1.54) is 9.71 Å². The van der Waals surface area contributed by atoms with Crippen molar-refractivity contribution in [3.63, 3.8) is 0 Å². The van der Waals surface area contributed by atoms with E-state index < -0.39 is 10.0 Å². The number of fused-ring (bicyclic) bond motifs is 1. The van der Waals surface area contributed by atoms with Gasteiger partial charge in [-0.15, -0.1) is 0 Å². The Morgan fingerprint density at radius 3 is 2.57 bits per heavy atom. The van der Waals surface area contributed by atoms with Crippen LogP contribution in [0.4, 0.5) is 11.4 Å². The zero-order chi connectivity index (χ0) is 14.9. The lowest BCUT2D eigenvalue weighted by Gasteiger charge is -2.18. The number of benzene rings is 2. The molecule has 0 bridgehead atoms. The van der Waals surface area contributed by atoms with Gasteiger partial charge in [0, 0.05) is 6.54 Å². The van der Waals surface area contributed by atoms with Crippen LogP contribution in [0.1, 0.15) is 11.1 Å². The second-order valence-electron chi connectivity index (χ2n) is 4.94. The number of nitrogens with two attached hydrogens (primary N) is 1. The number of hydrogen-bond donors (Lipinski definition) is 1. The van der Waals surface area contributed by atoms with E-state index in [9.17, 15) is 8.42 Å². The molecule has 4 nitrogen and oxygen atoms in total. The monoisotopic (exact) mass is 300 g/mol. The summed E-state index contributed by atoms with van der Waals surface area (Å²) < 4.78 is 26.4. The summed E-state index contributed by atoms with van der Waals surface area (Å²) in [5.74, 6) is 0. The molecule has 21 heavy (non-hydrogen) atoms. The van der Waals surface area contributed by atoms with E-state index in [0.29, 0.717) is 24.3 Å². The normalized spacial score (nSPS) is 14.6. The van der Waals surface area contributed by atoms with Crippen molar-refractivity contribution in [3.8, 4) is 0 Å². The van der Waals surface area contributed by atoms with Crippen molar-refractivity contribution in [2.24, 2.45) is 0 Å². The number of nitrogens with zero attached hydrogens (tertiary/aromatic N) is 1. The van der Waals surface area contributed by atoms with Gasteiger partial charge in [0.05, 0.1) is 16.8 Å². The molecule has 1 heterocycles. The Morgan fingerprint density at radius 2 is 1.81 bits per heavy atom. The molecule has 0 fully saturated rings. The van der Waals surface area contributed by atoms with Crippen LogP contribution in [0, 0.1) is 0 Å². The van der Waals surface area contributed by atoms with E-state index in [0.717, 1.165) is 11.1 Å². The summed E-state index contributed by atoms with van der Waals surface area (Å²) in [6, 6.07) is 14.9. The fourth-order valence-electron chi connectivity index (χ4n) is 2.51. The molecule has 3 rings (SSSR count). The van der Waals surface area contributed by atoms with Crippen molar-refractivity contribution in [3.05, 3.63) is 65.1 Å². The number of para-hydroxylation sites is 1. The highest BCUT2D eigenvalue weighted by Crippen LogP contribution is 2.35. The average Bonchev–Trinajstić information content (AvgIpc) is 2.93. The first-order valence-corrected chi connectivity index (χ1v) is 8.21. The lowest BCUT2D eigenvalue weighted by molar-refractivity contribution is 0.601. The first-order valence-electron chi connectivity index (χ1n) is 6.71. The van der Waals surface area contributed by atoms with E-state index in [1.807, 2.05) is 42.5 Å².